The van der Waals surface area contributed by atoms with Crippen molar-refractivity contribution in [2.24, 2.45) is 0 Å². The molecular formula is C27H32ClFN2O4S. The molecule has 0 saturated heterocycles. The molecule has 2 amide bonds. The first kappa shape index (κ1) is 28.0. The zero-order valence-electron chi connectivity index (χ0n) is 21.0. The van der Waals surface area contributed by atoms with E-state index in [-0.39, 0.29) is 36.0 Å². The summed E-state index contributed by atoms with van der Waals surface area (Å²) in [5, 5.41) is 3.21. The molecule has 3 rings (SSSR count). The molecule has 6 nitrogen and oxygen atoms in total. The van der Waals surface area contributed by atoms with Gasteiger partial charge in [-0.2, -0.15) is 0 Å². The molecule has 0 aliphatic carbocycles. The maximum absolute atomic E-state index is 15.0. The quantitative estimate of drug-likeness (QED) is 0.298. The molecule has 0 spiro atoms. The molecule has 0 bridgehead atoms. The van der Waals surface area contributed by atoms with Gasteiger partial charge in [0, 0.05) is 22.1 Å². The van der Waals surface area contributed by atoms with Crippen molar-refractivity contribution in [2.45, 2.75) is 76.5 Å². The van der Waals surface area contributed by atoms with E-state index in [2.05, 4.69) is 5.32 Å². The smallest absolute Gasteiger partial charge is 0.408 e. The molecule has 1 heterocycles. The summed E-state index contributed by atoms with van der Waals surface area (Å²) in [4.78, 5) is 41.0. The molecule has 1 N–H and O–H groups in total. The lowest BCUT2D eigenvalue weighted by Crippen LogP contribution is -2.50. The van der Waals surface area contributed by atoms with Crippen LogP contribution in [0.2, 0.25) is 5.02 Å². The van der Waals surface area contributed by atoms with E-state index in [0.717, 1.165) is 18.4 Å². The Morgan fingerprint density at radius 2 is 1.89 bits per heavy atom. The number of anilines is 1. The summed E-state index contributed by atoms with van der Waals surface area (Å²) in [5.41, 5.74) is 0.473. The first-order valence-corrected chi connectivity index (χ1v) is 13.4. The highest BCUT2D eigenvalue weighted by atomic mass is 35.5. The Morgan fingerprint density at radius 3 is 2.53 bits per heavy atom. The van der Waals surface area contributed by atoms with E-state index in [0.29, 0.717) is 22.0 Å². The van der Waals surface area contributed by atoms with Gasteiger partial charge in [0.2, 0.25) is 0 Å². The maximum Gasteiger partial charge on any atom is 0.408 e. The predicted molar refractivity (Wildman–Crippen MR) is 141 cm³/mol. The Kier molecular flexibility index (Phi) is 9.41. The summed E-state index contributed by atoms with van der Waals surface area (Å²) in [6, 6.07) is 8.91. The normalized spacial score (nSPS) is 15.8. The highest BCUT2D eigenvalue weighted by molar-refractivity contribution is 7.99. The Morgan fingerprint density at radius 1 is 1.19 bits per heavy atom. The molecule has 0 radical (unpaired) electrons. The van der Waals surface area contributed by atoms with Crippen LogP contribution in [0.5, 0.6) is 0 Å². The van der Waals surface area contributed by atoms with Gasteiger partial charge in [-0.05, 0) is 57.0 Å². The average Bonchev–Trinajstić information content (AvgIpc) is 2.91. The first-order chi connectivity index (χ1) is 17.0. The van der Waals surface area contributed by atoms with Crippen LogP contribution in [0, 0.1) is 5.82 Å². The van der Waals surface area contributed by atoms with Gasteiger partial charge in [0.25, 0.3) is 5.91 Å². The number of ether oxygens (including phenoxy) is 1. The Balaban J connectivity index is 1.97. The van der Waals surface area contributed by atoms with E-state index in [1.807, 2.05) is 6.92 Å². The van der Waals surface area contributed by atoms with Crippen LogP contribution in [0.15, 0.2) is 41.3 Å². The van der Waals surface area contributed by atoms with Crippen molar-refractivity contribution >= 4 is 46.8 Å². The van der Waals surface area contributed by atoms with E-state index >= 15 is 4.39 Å². The Labute approximate surface area is 220 Å². The number of rotatable bonds is 8. The number of hydrogen-bond donors (Lipinski definition) is 1. The van der Waals surface area contributed by atoms with Crippen LogP contribution in [0.25, 0.3) is 0 Å². The van der Waals surface area contributed by atoms with Crippen LogP contribution in [0.4, 0.5) is 14.9 Å². The predicted octanol–water partition coefficient (Wildman–Crippen LogP) is 6.77. The molecule has 2 aromatic carbocycles. The molecular weight excluding hydrogens is 503 g/mol. The number of ketones is 1. The lowest BCUT2D eigenvalue weighted by Gasteiger charge is -2.27. The zero-order chi connectivity index (χ0) is 26.5. The zero-order valence-corrected chi connectivity index (χ0v) is 22.6. The van der Waals surface area contributed by atoms with Crippen LogP contribution >= 0.6 is 23.4 Å². The van der Waals surface area contributed by atoms with Gasteiger partial charge in [0.1, 0.15) is 17.5 Å². The minimum Gasteiger partial charge on any atom is -0.444 e. The van der Waals surface area contributed by atoms with E-state index < -0.39 is 23.6 Å². The fourth-order valence-corrected chi connectivity index (χ4v) is 5.00. The molecule has 0 aromatic heterocycles. The second-order valence-electron chi connectivity index (χ2n) is 9.74. The summed E-state index contributed by atoms with van der Waals surface area (Å²) in [6.45, 7) is 7.40. The summed E-state index contributed by atoms with van der Waals surface area (Å²) in [6.07, 6.45) is 2.04. The molecule has 9 heteroatoms. The number of carbonyl (C=O) groups excluding carboxylic acids is 3. The minimum absolute atomic E-state index is 0.0297. The molecule has 1 aliphatic rings. The van der Waals surface area contributed by atoms with Crippen LogP contribution in [0.3, 0.4) is 0 Å². The topological polar surface area (TPSA) is 75.7 Å². The number of amides is 2. The van der Waals surface area contributed by atoms with Gasteiger partial charge >= 0.3 is 6.09 Å². The molecule has 194 valence electrons. The van der Waals surface area contributed by atoms with E-state index in [4.69, 9.17) is 16.3 Å². The van der Waals surface area contributed by atoms with Crippen molar-refractivity contribution in [2.75, 3.05) is 10.7 Å². The number of halogens is 2. The van der Waals surface area contributed by atoms with Crippen molar-refractivity contribution < 1.29 is 23.5 Å². The van der Waals surface area contributed by atoms with Gasteiger partial charge in [0.05, 0.1) is 17.8 Å². The van der Waals surface area contributed by atoms with Gasteiger partial charge in [-0.25, -0.2) is 9.18 Å². The molecule has 1 atom stereocenters. The number of nitrogens with zero attached hydrogens (tertiary/aromatic N) is 1. The molecule has 0 saturated carbocycles. The second kappa shape index (κ2) is 12.1. The Hall–Kier alpha value is -2.58. The molecule has 36 heavy (non-hydrogen) atoms. The standard InChI is InChI=1S/C27H32ClFN2O4S/c1-5-6-7-8-23(32)19-13-22-24(14-20(19)29)36-16-21(30-26(34)35-27(2,3)4)25(33)31(22)15-17-9-11-18(28)12-10-17/h9-14,21H,5-8,15-16H2,1-4H3,(H,30,34)/t21-/m0/s1. The van der Waals surface area contributed by atoms with Crippen molar-refractivity contribution in [3.63, 3.8) is 0 Å². The summed E-state index contributed by atoms with van der Waals surface area (Å²) in [5.74, 6) is -1.09. The third-order valence-electron chi connectivity index (χ3n) is 5.56. The molecule has 2 aromatic rings. The van der Waals surface area contributed by atoms with Crippen molar-refractivity contribution in [3.8, 4) is 0 Å². The minimum atomic E-state index is -0.906. The van der Waals surface area contributed by atoms with E-state index in [9.17, 15) is 14.4 Å². The van der Waals surface area contributed by atoms with E-state index in [1.54, 1.807) is 45.0 Å². The lowest BCUT2D eigenvalue weighted by molar-refractivity contribution is -0.120. The molecule has 1 aliphatic heterocycles. The van der Waals surface area contributed by atoms with Gasteiger partial charge in [-0.1, -0.05) is 43.5 Å². The van der Waals surface area contributed by atoms with Crippen LogP contribution in [-0.2, 0) is 16.1 Å². The monoisotopic (exact) mass is 534 g/mol. The third kappa shape index (κ3) is 7.46. The second-order valence-corrected chi connectivity index (χ2v) is 11.2. The van der Waals surface area contributed by atoms with Gasteiger partial charge in [-0.3, -0.25) is 9.59 Å². The number of unbranched alkanes of at least 4 members (excludes halogenated alkanes) is 2. The fourth-order valence-electron chi connectivity index (χ4n) is 3.79. The van der Waals surface area contributed by atoms with Gasteiger partial charge < -0.3 is 15.0 Å². The van der Waals surface area contributed by atoms with Gasteiger partial charge in [0.15, 0.2) is 5.78 Å². The first-order valence-electron chi connectivity index (χ1n) is 12.0. The third-order valence-corrected chi connectivity index (χ3v) is 6.95. The molecule has 0 unspecified atom stereocenters. The van der Waals surface area contributed by atoms with Crippen LogP contribution in [0.1, 0.15) is 69.3 Å². The number of fused-ring (bicyclic) bond motifs is 1. The average molecular weight is 535 g/mol. The lowest BCUT2D eigenvalue weighted by atomic mass is 10.0. The molecule has 0 fully saturated rings. The number of thioether (sulfide) groups is 1. The van der Waals surface area contributed by atoms with E-state index in [1.165, 1.54) is 28.8 Å². The fraction of sp³-hybridized carbons (Fsp3) is 0.444. The van der Waals surface area contributed by atoms with Crippen molar-refractivity contribution in [1.29, 1.82) is 0 Å². The summed E-state index contributed by atoms with van der Waals surface area (Å²) in [7, 11) is 0. The van der Waals surface area contributed by atoms with Crippen LogP contribution < -0.4 is 10.2 Å². The Bertz CT molecular complexity index is 1120. The number of carbonyl (C=O) groups is 3. The highest BCUT2D eigenvalue weighted by Gasteiger charge is 2.34. The number of nitrogens with one attached hydrogen (secondary N) is 1. The van der Waals surface area contributed by atoms with Crippen molar-refractivity contribution in [1.82, 2.24) is 5.32 Å². The number of alkyl carbamates (subject to hydrolysis) is 1. The number of Topliss-reactive ketones (excluding diaryl/α,β-unsaturated/α-hetero) is 1. The SMILES string of the molecule is CCCCCC(=O)c1cc2c(cc1F)SC[C@H](NC(=O)OC(C)(C)C)C(=O)N2Cc1ccc(Cl)cc1. The van der Waals surface area contributed by atoms with Gasteiger partial charge in [-0.15, -0.1) is 11.8 Å². The summed E-state index contributed by atoms with van der Waals surface area (Å²) >= 11 is 7.27. The largest absolute Gasteiger partial charge is 0.444 e. The highest BCUT2D eigenvalue weighted by Crippen LogP contribution is 2.38. The number of benzene rings is 2. The van der Waals surface area contributed by atoms with Crippen LogP contribution in [-0.4, -0.2) is 35.2 Å². The van der Waals surface area contributed by atoms with Crippen molar-refractivity contribution in [3.05, 3.63) is 58.4 Å². The maximum atomic E-state index is 15.0. The number of hydrogen-bond acceptors (Lipinski definition) is 5. The summed E-state index contributed by atoms with van der Waals surface area (Å²) < 4.78 is 20.4.